The quantitative estimate of drug-likeness (QED) is 0.757. The molecule has 1 aromatic heterocycles. The van der Waals surface area contributed by atoms with Crippen LogP contribution in [0.25, 0.3) is 0 Å². The maximum atomic E-state index is 11.7. The molecule has 20 heavy (non-hydrogen) atoms. The van der Waals surface area contributed by atoms with E-state index in [1.54, 1.807) is 0 Å². The molecule has 2 N–H and O–H groups in total. The monoisotopic (exact) mass is 283 g/mol. The van der Waals surface area contributed by atoms with Crippen molar-refractivity contribution in [3.05, 3.63) is 11.7 Å². The Hall–Kier alpha value is -1.43. The Morgan fingerprint density at radius 3 is 2.65 bits per heavy atom. The van der Waals surface area contributed by atoms with Crippen LogP contribution in [-0.4, -0.2) is 33.8 Å². The van der Waals surface area contributed by atoms with E-state index in [0.29, 0.717) is 18.1 Å². The molecule has 0 fully saturated rings. The lowest BCUT2D eigenvalue weighted by Gasteiger charge is -2.17. The lowest BCUT2D eigenvalue weighted by Crippen LogP contribution is -2.35. The molecule has 0 spiro atoms. The van der Waals surface area contributed by atoms with Gasteiger partial charge in [0.05, 0.1) is 6.10 Å². The lowest BCUT2D eigenvalue weighted by molar-refractivity contribution is -0.121. The van der Waals surface area contributed by atoms with Crippen LogP contribution in [0.5, 0.6) is 0 Å². The fourth-order valence-electron chi connectivity index (χ4n) is 1.60. The van der Waals surface area contributed by atoms with Gasteiger partial charge in [-0.3, -0.25) is 4.79 Å². The van der Waals surface area contributed by atoms with E-state index < -0.39 is 6.10 Å². The highest BCUT2D eigenvalue weighted by Gasteiger charge is 2.14. The Kier molecular flexibility index (Phi) is 6.64. The van der Waals surface area contributed by atoms with Gasteiger partial charge in [-0.15, -0.1) is 0 Å². The molecule has 2 atom stereocenters. The Labute approximate surface area is 120 Å². The second-order valence-corrected chi connectivity index (χ2v) is 5.46. The van der Waals surface area contributed by atoms with Crippen molar-refractivity contribution < 1.29 is 14.4 Å². The van der Waals surface area contributed by atoms with Gasteiger partial charge in [0.1, 0.15) is 0 Å². The summed E-state index contributed by atoms with van der Waals surface area (Å²) in [7, 11) is 0. The molecule has 0 aliphatic carbocycles. The van der Waals surface area contributed by atoms with Crippen molar-refractivity contribution in [2.45, 2.75) is 59.0 Å². The molecule has 0 saturated heterocycles. The predicted molar refractivity (Wildman–Crippen MR) is 75.2 cm³/mol. The summed E-state index contributed by atoms with van der Waals surface area (Å²) in [6.45, 7) is 8.23. The van der Waals surface area contributed by atoms with Crippen LogP contribution in [0.4, 0.5) is 0 Å². The third kappa shape index (κ3) is 5.28. The second-order valence-electron chi connectivity index (χ2n) is 5.46. The summed E-state index contributed by atoms with van der Waals surface area (Å²) in [5.74, 6) is 1.42. The topological polar surface area (TPSA) is 88.2 Å². The van der Waals surface area contributed by atoms with E-state index in [-0.39, 0.29) is 30.7 Å². The fraction of sp³-hybridized carbons (Fsp3) is 0.786. The Morgan fingerprint density at radius 1 is 1.40 bits per heavy atom. The van der Waals surface area contributed by atoms with Crippen LogP contribution in [-0.2, 0) is 11.2 Å². The largest absolute Gasteiger partial charge is 0.391 e. The van der Waals surface area contributed by atoms with Gasteiger partial charge in [0.15, 0.2) is 5.82 Å². The number of aliphatic hydroxyl groups excluding tert-OH is 1. The Morgan fingerprint density at radius 2 is 2.10 bits per heavy atom. The van der Waals surface area contributed by atoms with Crippen LogP contribution in [0.15, 0.2) is 4.52 Å². The second kappa shape index (κ2) is 7.99. The van der Waals surface area contributed by atoms with Crippen molar-refractivity contribution in [3.63, 3.8) is 0 Å². The minimum atomic E-state index is -0.500. The molecule has 0 radical (unpaired) electrons. The van der Waals surface area contributed by atoms with Gasteiger partial charge in [-0.05, 0) is 5.92 Å². The standard InChI is InChI=1S/C14H25N3O3/c1-5-10(4)11(18)8-15-12(19)6-7-13-16-14(9(2)3)17-20-13/h9-11,18H,5-8H2,1-4H3,(H,15,19). The Balaban J connectivity index is 2.29. The number of aryl methyl sites for hydroxylation is 1. The zero-order chi connectivity index (χ0) is 15.1. The molecule has 6 nitrogen and oxygen atoms in total. The van der Waals surface area contributed by atoms with Crippen LogP contribution < -0.4 is 5.32 Å². The molecule has 0 aliphatic rings. The van der Waals surface area contributed by atoms with E-state index in [1.165, 1.54) is 0 Å². The van der Waals surface area contributed by atoms with E-state index in [1.807, 2.05) is 27.7 Å². The number of nitrogens with zero attached hydrogens (tertiary/aromatic N) is 2. The van der Waals surface area contributed by atoms with E-state index >= 15 is 0 Å². The molecule has 0 aromatic carbocycles. The fourth-order valence-corrected chi connectivity index (χ4v) is 1.60. The number of carbonyl (C=O) groups excluding carboxylic acids is 1. The van der Waals surface area contributed by atoms with Crippen molar-refractivity contribution in [2.24, 2.45) is 5.92 Å². The highest BCUT2D eigenvalue weighted by molar-refractivity contribution is 5.76. The first-order valence-corrected chi connectivity index (χ1v) is 7.21. The number of aliphatic hydroxyl groups is 1. The predicted octanol–water partition coefficient (Wildman–Crippen LogP) is 1.65. The normalized spacial score (nSPS) is 14.3. The third-order valence-electron chi connectivity index (χ3n) is 3.38. The molecule has 0 bridgehead atoms. The summed E-state index contributed by atoms with van der Waals surface area (Å²) in [6, 6.07) is 0. The van der Waals surface area contributed by atoms with E-state index in [9.17, 15) is 9.90 Å². The van der Waals surface area contributed by atoms with Gasteiger partial charge >= 0.3 is 0 Å². The van der Waals surface area contributed by atoms with Crippen LogP contribution in [0.3, 0.4) is 0 Å². The van der Waals surface area contributed by atoms with Gasteiger partial charge in [-0.25, -0.2) is 0 Å². The zero-order valence-electron chi connectivity index (χ0n) is 12.7. The number of carbonyl (C=O) groups is 1. The van der Waals surface area contributed by atoms with E-state index in [4.69, 9.17) is 4.52 Å². The molecule has 1 rings (SSSR count). The first-order valence-electron chi connectivity index (χ1n) is 7.21. The van der Waals surface area contributed by atoms with Gasteiger partial charge in [0, 0.05) is 25.3 Å². The summed E-state index contributed by atoms with van der Waals surface area (Å²) >= 11 is 0. The molecule has 2 unspecified atom stereocenters. The number of amides is 1. The average molecular weight is 283 g/mol. The molecule has 1 amide bonds. The van der Waals surface area contributed by atoms with Gasteiger partial charge in [-0.1, -0.05) is 39.3 Å². The number of nitrogens with one attached hydrogen (secondary N) is 1. The molecular formula is C14H25N3O3. The summed E-state index contributed by atoms with van der Waals surface area (Å²) < 4.78 is 5.07. The molecule has 1 aromatic rings. The minimum absolute atomic E-state index is 0.114. The third-order valence-corrected chi connectivity index (χ3v) is 3.38. The molecule has 0 saturated carbocycles. The van der Waals surface area contributed by atoms with Crippen molar-refractivity contribution in [1.82, 2.24) is 15.5 Å². The van der Waals surface area contributed by atoms with Crippen molar-refractivity contribution in [1.29, 1.82) is 0 Å². The summed E-state index contributed by atoms with van der Waals surface area (Å²) in [6.07, 6.45) is 1.09. The molecule has 1 heterocycles. The number of hydrogen-bond donors (Lipinski definition) is 2. The summed E-state index contributed by atoms with van der Waals surface area (Å²) in [5, 5.41) is 16.3. The molecule has 6 heteroatoms. The Bertz CT molecular complexity index is 418. The number of hydrogen-bond acceptors (Lipinski definition) is 5. The van der Waals surface area contributed by atoms with Crippen LogP contribution in [0.1, 0.15) is 58.2 Å². The van der Waals surface area contributed by atoms with Crippen LogP contribution in [0.2, 0.25) is 0 Å². The molecular weight excluding hydrogens is 258 g/mol. The first-order chi connectivity index (χ1) is 9.43. The maximum absolute atomic E-state index is 11.7. The van der Waals surface area contributed by atoms with Crippen molar-refractivity contribution in [2.75, 3.05) is 6.54 Å². The zero-order valence-corrected chi connectivity index (χ0v) is 12.7. The molecule has 114 valence electrons. The van der Waals surface area contributed by atoms with Crippen LogP contribution in [0, 0.1) is 5.92 Å². The highest BCUT2D eigenvalue weighted by atomic mass is 16.5. The molecule has 0 aliphatic heterocycles. The van der Waals surface area contributed by atoms with Crippen molar-refractivity contribution in [3.8, 4) is 0 Å². The first kappa shape index (κ1) is 16.6. The maximum Gasteiger partial charge on any atom is 0.227 e. The van der Waals surface area contributed by atoms with Gasteiger partial charge in [-0.2, -0.15) is 4.98 Å². The number of aromatic nitrogens is 2. The smallest absolute Gasteiger partial charge is 0.227 e. The van der Waals surface area contributed by atoms with Crippen LogP contribution >= 0.6 is 0 Å². The highest BCUT2D eigenvalue weighted by Crippen LogP contribution is 2.10. The van der Waals surface area contributed by atoms with Gasteiger partial charge < -0.3 is 14.9 Å². The van der Waals surface area contributed by atoms with E-state index in [2.05, 4.69) is 15.5 Å². The van der Waals surface area contributed by atoms with Gasteiger partial charge in [0.25, 0.3) is 0 Å². The van der Waals surface area contributed by atoms with Gasteiger partial charge in [0.2, 0.25) is 11.8 Å². The van der Waals surface area contributed by atoms with E-state index in [0.717, 1.165) is 6.42 Å². The SMILES string of the molecule is CCC(C)C(O)CNC(=O)CCc1nc(C(C)C)no1. The average Bonchev–Trinajstić information content (AvgIpc) is 2.90. The number of rotatable bonds is 8. The lowest BCUT2D eigenvalue weighted by atomic mass is 10.0. The summed E-state index contributed by atoms with van der Waals surface area (Å²) in [5.41, 5.74) is 0. The minimum Gasteiger partial charge on any atom is -0.391 e. The van der Waals surface area contributed by atoms with Crippen molar-refractivity contribution >= 4 is 5.91 Å². The summed E-state index contributed by atoms with van der Waals surface area (Å²) in [4.78, 5) is 15.9.